The summed E-state index contributed by atoms with van der Waals surface area (Å²) in [7, 11) is 0. The first-order valence-corrected chi connectivity index (χ1v) is 37.9. The molecule has 0 aliphatic heterocycles. The van der Waals surface area contributed by atoms with E-state index in [2.05, 4.69) is 61.1 Å². The van der Waals surface area contributed by atoms with Gasteiger partial charge in [0.2, 0.25) is 0 Å². The second-order valence-electron chi connectivity index (χ2n) is 33.1. The number of hydrogen-bond donors (Lipinski definition) is 6. The van der Waals surface area contributed by atoms with Crippen LogP contribution in [0.5, 0.6) is 0 Å². The van der Waals surface area contributed by atoms with Gasteiger partial charge in [0.25, 0.3) is 33.6 Å². The van der Waals surface area contributed by atoms with Gasteiger partial charge < -0.3 is 59.1 Å². The van der Waals surface area contributed by atoms with Gasteiger partial charge >= 0.3 is 74.1 Å². The summed E-state index contributed by atoms with van der Waals surface area (Å²) in [6.07, 6.45) is -45.7. The van der Waals surface area contributed by atoms with Crippen LogP contribution in [0.2, 0.25) is 0 Å². The summed E-state index contributed by atoms with van der Waals surface area (Å²) in [6, 6.07) is 0. The van der Waals surface area contributed by atoms with Crippen molar-refractivity contribution in [1.82, 2.24) is 0 Å². The molecule has 122 heavy (non-hydrogen) atoms. The highest BCUT2D eigenvalue weighted by Crippen LogP contribution is 2.70. The summed E-state index contributed by atoms with van der Waals surface area (Å²) in [4.78, 5) is 0. The zero-order chi connectivity index (χ0) is 92.8. The van der Waals surface area contributed by atoms with Gasteiger partial charge in [-0.15, -0.1) is 0 Å². The molecule has 12 aliphatic rings. The average Bonchev–Trinajstić information content (AvgIpc) is 1.54. The summed E-state index contributed by atoms with van der Waals surface area (Å²) in [6.45, 7) is -2.40. The highest BCUT2D eigenvalue weighted by Gasteiger charge is 2.77. The van der Waals surface area contributed by atoms with Gasteiger partial charge in [0, 0.05) is 13.2 Å². The molecule has 0 aromatic heterocycles. The molecule has 8 fully saturated rings. The Balaban J connectivity index is 0.000000203. The van der Waals surface area contributed by atoms with Gasteiger partial charge in [-0.25, -0.2) is 0 Å². The number of halogens is 36. The third-order valence-electron chi connectivity index (χ3n) is 25.7. The van der Waals surface area contributed by atoms with E-state index < -0.39 is 165 Å². The molecular formula is C74H88F36O12. The van der Waals surface area contributed by atoms with E-state index in [-0.39, 0.29) is 93.2 Å². The number of alkyl halides is 36. The van der Waals surface area contributed by atoms with Crippen molar-refractivity contribution in [3.63, 3.8) is 0 Å². The van der Waals surface area contributed by atoms with Crippen molar-refractivity contribution in [2.75, 3.05) is 66.1 Å². The second kappa shape index (κ2) is 37.3. The molecule has 0 saturated heterocycles. The summed E-state index contributed by atoms with van der Waals surface area (Å²) in [5.74, 6) is 3.39. The van der Waals surface area contributed by atoms with Crippen LogP contribution in [0.4, 0.5) is 158 Å². The Morgan fingerprint density at radius 1 is 0.254 bits per heavy atom. The van der Waals surface area contributed by atoms with Crippen molar-refractivity contribution in [3.05, 3.63) is 74.3 Å². The molecule has 12 bridgehead atoms. The minimum absolute atomic E-state index is 0.00952. The standard InChI is InChI=1S/C17H20F6O2.C16H18F6O.C12H14F6O2.C11H12F6O.C10H14F6O3.C8H10F6O3/c18-16(19,20)15(24,17(21,22)23)7-25-6-11-4-10-5-12(11)14-9-2-1-8(3-9)13(10)14;17-15(18,19)14(23,16(20,21)22)6-10-4-9-5-11(10)13-8-2-1-7(3-8)12(9)13;13-11(14,15)10(19,12(16,17)18)6-20-5-9-4-7-1-2-8(9)3-7;12-10(13,14)9(18,11(15,16)17)5-8-4-6-1-2-7(8)3-6;1-2-18-5-3-4-6-19-7-8(17,9(11,12)13)10(14,15)16;1-2-16-3-4-17-5-6(15,7(9,10)11)8(12,13)14/h1-2,8-14,24H,3-7H2;1-2,7-13,23H,3-6H2;1-2,7-9,19H,3-6H2;1-2,6-8,18H,3-5H2;2,17H,1,3-7H2;2,15H,1,3-5H2. The first-order chi connectivity index (χ1) is 55.3. The molecule has 12 rings (SSSR count). The first-order valence-electron chi connectivity index (χ1n) is 37.9. The Morgan fingerprint density at radius 2 is 0.525 bits per heavy atom. The van der Waals surface area contributed by atoms with Crippen LogP contribution in [0.15, 0.2) is 74.3 Å². The first kappa shape index (κ1) is 104. The van der Waals surface area contributed by atoms with Gasteiger partial charge in [0.1, 0.15) is 6.61 Å². The topological polar surface area (TPSA) is 177 Å². The molecule has 12 aliphatic carbocycles. The quantitative estimate of drug-likeness (QED) is 0.0159. The number of fused-ring (bicyclic) bond motifs is 22. The van der Waals surface area contributed by atoms with Gasteiger partial charge in [0.15, 0.2) is 0 Å². The molecule has 6 N–H and O–H groups in total. The lowest BCUT2D eigenvalue weighted by Crippen LogP contribution is -2.60. The van der Waals surface area contributed by atoms with Crippen molar-refractivity contribution in [1.29, 1.82) is 0 Å². The van der Waals surface area contributed by atoms with Crippen LogP contribution >= 0.6 is 0 Å². The summed E-state index contributed by atoms with van der Waals surface area (Å²) >= 11 is 0. The molecule has 12 nitrogen and oxygen atoms in total. The fourth-order valence-electron chi connectivity index (χ4n) is 19.6. The predicted molar refractivity (Wildman–Crippen MR) is 349 cm³/mol. The normalized spacial score (nSPS) is 30.9. The molecule has 0 aromatic rings. The molecule has 0 radical (unpaired) electrons. The number of allylic oxidation sites excluding steroid dienone is 8. The largest absolute Gasteiger partial charge is 0.502 e. The number of ether oxygens (including phenoxy) is 6. The van der Waals surface area contributed by atoms with Crippen LogP contribution in [-0.2, 0) is 28.4 Å². The van der Waals surface area contributed by atoms with E-state index >= 15 is 0 Å². The molecule has 708 valence electrons. The van der Waals surface area contributed by atoms with E-state index in [1.165, 1.54) is 0 Å². The Labute approximate surface area is 672 Å². The van der Waals surface area contributed by atoms with Crippen LogP contribution in [0.3, 0.4) is 0 Å². The van der Waals surface area contributed by atoms with Crippen LogP contribution in [0.1, 0.15) is 89.9 Å². The van der Waals surface area contributed by atoms with E-state index in [9.17, 15) is 163 Å². The number of unbranched alkanes of at least 4 members (excludes halogenated alkanes) is 1. The zero-order valence-electron chi connectivity index (χ0n) is 63.4. The zero-order valence-corrected chi connectivity index (χ0v) is 63.4. The van der Waals surface area contributed by atoms with Crippen molar-refractivity contribution < 1.29 is 217 Å². The van der Waals surface area contributed by atoms with Crippen molar-refractivity contribution in [3.8, 4) is 0 Å². The fourth-order valence-corrected chi connectivity index (χ4v) is 19.6. The molecular weight excluding hydrogens is 1760 g/mol. The summed E-state index contributed by atoms with van der Waals surface area (Å²) < 4.78 is 475. The fraction of sp³-hybridized carbons (Fsp3) is 0.838. The molecule has 0 heterocycles. The van der Waals surface area contributed by atoms with Crippen molar-refractivity contribution in [2.45, 2.75) is 198 Å². The summed E-state index contributed by atoms with van der Waals surface area (Å²) in [5.41, 5.74) is -28.5. The van der Waals surface area contributed by atoms with Crippen LogP contribution in [-0.4, -0.2) is 204 Å². The molecule has 0 amide bonds. The maximum atomic E-state index is 12.9. The van der Waals surface area contributed by atoms with Crippen LogP contribution in [0.25, 0.3) is 0 Å². The van der Waals surface area contributed by atoms with Crippen LogP contribution in [0, 0.1) is 118 Å². The second-order valence-corrected chi connectivity index (χ2v) is 33.1. The Kier molecular flexibility index (Phi) is 31.9. The average molecular weight is 1850 g/mol. The van der Waals surface area contributed by atoms with Crippen molar-refractivity contribution in [2.24, 2.45) is 118 Å². The summed E-state index contributed by atoms with van der Waals surface area (Å²) in [5, 5.41) is 53.9. The van der Waals surface area contributed by atoms with Gasteiger partial charge in [-0.05, 0) is 208 Å². The maximum absolute atomic E-state index is 12.9. The van der Waals surface area contributed by atoms with Gasteiger partial charge in [-0.3, -0.25) is 0 Å². The lowest BCUT2D eigenvalue weighted by Gasteiger charge is -2.41. The predicted octanol–water partition coefficient (Wildman–Crippen LogP) is 19.6. The Bertz CT molecular complexity index is 3420. The molecule has 20 unspecified atom stereocenters. The van der Waals surface area contributed by atoms with Gasteiger partial charge in [-0.1, -0.05) is 61.8 Å². The van der Waals surface area contributed by atoms with E-state index in [0.29, 0.717) is 84.9 Å². The SMILES string of the molecule is C=COCCCCOCC(O)(C(F)(F)F)C(F)(F)F.C=COCCOCC(O)(C(F)(F)F)C(F)(F)F.OC(CC1CC2C=CC1C2)(C(F)(F)F)C(F)(F)F.OC(CC1CC2CC1C1C3C=CC(C3)C21)(C(F)(F)F)C(F)(F)F.OC(COCC1CC2C=CC1C2)(C(F)(F)F)C(F)(F)F.OC(COCC1CC2CC1C1C3C=CC(C3)C21)(C(F)(F)F)C(F)(F)F. The minimum Gasteiger partial charge on any atom is -0.502 e. The van der Waals surface area contributed by atoms with Gasteiger partial charge in [0.05, 0.1) is 58.8 Å². The van der Waals surface area contributed by atoms with Gasteiger partial charge in [-0.2, -0.15) is 158 Å². The van der Waals surface area contributed by atoms with Crippen molar-refractivity contribution >= 4 is 0 Å². The smallest absolute Gasteiger partial charge is 0.428 e. The number of rotatable bonds is 26. The van der Waals surface area contributed by atoms with E-state index in [1.54, 1.807) is 6.08 Å². The number of aliphatic hydroxyl groups is 6. The van der Waals surface area contributed by atoms with E-state index in [1.807, 2.05) is 18.2 Å². The lowest BCUT2D eigenvalue weighted by molar-refractivity contribution is -0.379. The molecule has 0 aromatic carbocycles. The maximum Gasteiger partial charge on any atom is 0.428 e. The molecule has 48 heteroatoms. The highest BCUT2D eigenvalue weighted by atomic mass is 19.5. The molecule has 8 saturated carbocycles. The third kappa shape index (κ3) is 22.0. The monoisotopic (exact) mass is 1850 g/mol. The van der Waals surface area contributed by atoms with Crippen LogP contribution < -0.4 is 0 Å². The third-order valence-corrected chi connectivity index (χ3v) is 25.7. The lowest BCUT2D eigenvalue weighted by atomic mass is 9.67. The number of hydrogen-bond acceptors (Lipinski definition) is 12. The highest BCUT2D eigenvalue weighted by molar-refractivity contribution is 5.23. The molecule has 20 atom stereocenters. The molecule has 0 spiro atoms. The van der Waals surface area contributed by atoms with E-state index in [0.717, 1.165) is 51.0 Å². The van der Waals surface area contributed by atoms with E-state index in [4.69, 9.17) is 30.3 Å². The Morgan fingerprint density at radius 3 is 0.844 bits per heavy atom. The Hall–Kier alpha value is -4.88. The minimum atomic E-state index is -5.87.